The molecule has 3 heterocycles. The molecule has 1 N–H and O–H groups in total. The topological polar surface area (TPSA) is 71.0 Å². The van der Waals surface area contributed by atoms with E-state index >= 15 is 0 Å². The van der Waals surface area contributed by atoms with Crippen molar-refractivity contribution in [3.63, 3.8) is 0 Å². The van der Waals surface area contributed by atoms with E-state index in [9.17, 15) is 4.79 Å². The van der Waals surface area contributed by atoms with Gasteiger partial charge in [0.05, 0.1) is 22.9 Å². The minimum atomic E-state index is -0.442. The van der Waals surface area contributed by atoms with Crippen LogP contribution in [0.15, 0.2) is 42.7 Å². The summed E-state index contributed by atoms with van der Waals surface area (Å²) in [6.07, 6.45) is 4.13. The Morgan fingerprint density at radius 3 is 2.58 bits per heavy atom. The zero-order chi connectivity index (χ0) is 22.2. The van der Waals surface area contributed by atoms with Gasteiger partial charge in [-0.15, -0.1) is 0 Å². The van der Waals surface area contributed by atoms with E-state index < -0.39 is 5.41 Å². The SMILES string of the molecule is Cc1ccc(Cl)c(Nc2nc(-c3ccncc3)nc3c2CN(C(=O)C(C)(C)C)CC3)c1. The van der Waals surface area contributed by atoms with Gasteiger partial charge in [0.15, 0.2) is 5.82 Å². The van der Waals surface area contributed by atoms with Gasteiger partial charge in [0.1, 0.15) is 5.82 Å². The van der Waals surface area contributed by atoms with Crippen molar-refractivity contribution in [2.24, 2.45) is 5.41 Å². The van der Waals surface area contributed by atoms with Gasteiger partial charge >= 0.3 is 0 Å². The number of hydrogen-bond donors (Lipinski definition) is 1. The molecule has 0 bridgehead atoms. The second-order valence-corrected chi connectivity index (χ2v) is 9.30. The van der Waals surface area contributed by atoms with Gasteiger partial charge in [-0.1, -0.05) is 38.4 Å². The second kappa shape index (κ2) is 8.27. The lowest BCUT2D eigenvalue weighted by atomic mass is 9.93. The largest absolute Gasteiger partial charge is 0.339 e. The number of rotatable bonds is 3. The number of nitrogens with one attached hydrogen (secondary N) is 1. The average molecular weight is 436 g/mol. The molecular formula is C24H26ClN5O. The molecule has 31 heavy (non-hydrogen) atoms. The number of aromatic nitrogens is 3. The summed E-state index contributed by atoms with van der Waals surface area (Å²) in [5.41, 5.74) is 4.20. The maximum Gasteiger partial charge on any atom is 0.228 e. The van der Waals surface area contributed by atoms with Crippen LogP contribution in [0, 0.1) is 12.3 Å². The Morgan fingerprint density at radius 1 is 1.13 bits per heavy atom. The molecule has 4 rings (SSSR count). The van der Waals surface area contributed by atoms with Crippen LogP contribution in [0.3, 0.4) is 0 Å². The lowest BCUT2D eigenvalue weighted by molar-refractivity contribution is -0.140. The number of anilines is 2. The molecule has 0 saturated heterocycles. The highest BCUT2D eigenvalue weighted by Crippen LogP contribution is 2.33. The number of nitrogens with zero attached hydrogens (tertiary/aromatic N) is 4. The van der Waals surface area contributed by atoms with Crippen molar-refractivity contribution in [1.29, 1.82) is 0 Å². The van der Waals surface area contributed by atoms with Gasteiger partial charge in [0, 0.05) is 41.9 Å². The van der Waals surface area contributed by atoms with Gasteiger partial charge in [-0.3, -0.25) is 9.78 Å². The average Bonchev–Trinajstić information content (AvgIpc) is 2.75. The van der Waals surface area contributed by atoms with Crippen LogP contribution in [0.2, 0.25) is 5.02 Å². The molecule has 6 nitrogen and oxygen atoms in total. The zero-order valence-corrected chi connectivity index (χ0v) is 19.0. The van der Waals surface area contributed by atoms with E-state index in [1.54, 1.807) is 12.4 Å². The van der Waals surface area contributed by atoms with Gasteiger partial charge in [-0.2, -0.15) is 0 Å². The Balaban J connectivity index is 1.79. The van der Waals surface area contributed by atoms with Crippen molar-refractivity contribution in [1.82, 2.24) is 19.9 Å². The molecule has 0 aliphatic carbocycles. The van der Waals surface area contributed by atoms with Crippen LogP contribution in [0.4, 0.5) is 11.5 Å². The van der Waals surface area contributed by atoms with Gasteiger partial charge in [-0.25, -0.2) is 9.97 Å². The Hall–Kier alpha value is -2.99. The number of aryl methyl sites for hydroxylation is 1. The smallest absolute Gasteiger partial charge is 0.228 e. The standard InChI is InChI=1S/C24H26ClN5O/c1-15-5-6-18(25)20(13-15)28-22-17-14-30(23(31)24(2,3)4)12-9-19(17)27-21(29-22)16-7-10-26-11-8-16/h5-8,10-11,13H,9,12,14H2,1-4H3,(H,27,28,29). The quantitative estimate of drug-likeness (QED) is 0.614. The summed E-state index contributed by atoms with van der Waals surface area (Å²) < 4.78 is 0. The number of pyridine rings is 1. The van der Waals surface area contributed by atoms with E-state index in [0.29, 0.717) is 36.2 Å². The maximum atomic E-state index is 12.9. The second-order valence-electron chi connectivity index (χ2n) is 8.89. The van der Waals surface area contributed by atoms with Crippen molar-refractivity contribution in [3.8, 4) is 11.4 Å². The molecule has 0 fully saturated rings. The predicted octanol–water partition coefficient (Wildman–Crippen LogP) is 5.17. The van der Waals surface area contributed by atoms with E-state index in [-0.39, 0.29) is 5.91 Å². The number of halogens is 1. The fraction of sp³-hybridized carbons (Fsp3) is 0.333. The van der Waals surface area contributed by atoms with Gasteiger partial charge in [0.2, 0.25) is 5.91 Å². The van der Waals surface area contributed by atoms with Crippen LogP contribution in [-0.2, 0) is 17.8 Å². The Kier molecular flexibility index (Phi) is 5.67. The molecule has 0 spiro atoms. The molecule has 0 saturated carbocycles. The summed E-state index contributed by atoms with van der Waals surface area (Å²) >= 11 is 6.45. The lowest BCUT2D eigenvalue weighted by Gasteiger charge is -2.34. The number of carbonyl (C=O) groups is 1. The molecule has 1 aliphatic heterocycles. The van der Waals surface area contributed by atoms with Crippen LogP contribution < -0.4 is 5.32 Å². The molecule has 7 heteroatoms. The Bertz CT molecular complexity index is 1120. The fourth-order valence-electron chi connectivity index (χ4n) is 3.66. The molecule has 0 radical (unpaired) electrons. The van der Waals surface area contributed by atoms with Crippen molar-refractivity contribution in [3.05, 3.63) is 64.6 Å². The zero-order valence-electron chi connectivity index (χ0n) is 18.2. The highest BCUT2D eigenvalue weighted by molar-refractivity contribution is 6.33. The number of benzene rings is 1. The predicted molar refractivity (Wildman–Crippen MR) is 123 cm³/mol. The number of fused-ring (bicyclic) bond motifs is 1. The highest BCUT2D eigenvalue weighted by atomic mass is 35.5. The first-order valence-electron chi connectivity index (χ1n) is 10.3. The third kappa shape index (κ3) is 4.54. The summed E-state index contributed by atoms with van der Waals surface area (Å²) in [4.78, 5) is 28.6. The third-order valence-corrected chi connectivity index (χ3v) is 5.63. The monoisotopic (exact) mass is 435 g/mol. The number of amides is 1. The van der Waals surface area contributed by atoms with Gasteiger partial charge in [0.25, 0.3) is 0 Å². The molecule has 3 aromatic rings. The van der Waals surface area contributed by atoms with E-state index in [4.69, 9.17) is 21.6 Å². The molecule has 1 aliphatic rings. The van der Waals surface area contributed by atoms with Crippen LogP contribution >= 0.6 is 11.6 Å². The minimum absolute atomic E-state index is 0.121. The molecule has 160 valence electrons. The minimum Gasteiger partial charge on any atom is -0.339 e. The molecule has 0 unspecified atom stereocenters. The van der Waals surface area contributed by atoms with Crippen molar-refractivity contribution >= 4 is 29.0 Å². The van der Waals surface area contributed by atoms with Crippen LogP contribution in [0.25, 0.3) is 11.4 Å². The van der Waals surface area contributed by atoms with Crippen LogP contribution in [-0.4, -0.2) is 32.3 Å². The van der Waals surface area contributed by atoms with Crippen molar-refractivity contribution in [2.45, 2.75) is 40.7 Å². The number of carbonyl (C=O) groups excluding carboxylic acids is 1. The lowest BCUT2D eigenvalue weighted by Crippen LogP contribution is -2.42. The van der Waals surface area contributed by atoms with Gasteiger partial charge < -0.3 is 10.2 Å². The first kappa shape index (κ1) is 21.2. The van der Waals surface area contributed by atoms with E-state index in [1.165, 1.54) is 0 Å². The Morgan fingerprint density at radius 2 is 1.87 bits per heavy atom. The summed E-state index contributed by atoms with van der Waals surface area (Å²) in [6.45, 7) is 8.95. The first-order valence-corrected chi connectivity index (χ1v) is 10.7. The van der Waals surface area contributed by atoms with E-state index in [2.05, 4.69) is 10.3 Å². The van der Waals surface area contributed by atoms with E-state index in [0.717, 1.165) is 28.1 Å². The normalized spacial score (nSPS) is 13.6. The molecule has 0 atom stereocenters. The molecular weight excluding hydrogens is 410 g/mol. The third-order valence-electron chi connectivity index (χ3n) is 5.30. The van der Waals surface area contributed by atoms with Gasteiger partial charge in [-0.05, 0) is 36.8 Å². The van der Waals surface area contributed by atoms with Crippen LogP contribution in [0.1, 0.15) is 37.6 Å². The summed E-state index contributed by atoms with van der Waals surface area (Å²) in [6, 6.07) is 9.61. The number of hydrogen-bond acceptors (Lipinski definition) is 5. The highest BCUT2D eigenvalue weighted by Gasteiger charge is 2.32. The van der Waals surface area contributed by atoms with Crippen molar-refractivity contribution in [2.75, 3.05) is 11.9 Å². The molecule has 2 aromatic heterocycles. The Labute approximate surface area is 187 Å². The summed E-state index contributed by atoms with van der Waals surface area (Å²) in [5, 5.41) is 4.03. The summed E-state index contributed by atoms with van der Waals surface area (Å²) in [5.74, 6) is 1.43. The van der Waals surface area contributed by atoms with Crippen LogP contribution in [0.5, 0.6) is 0 Å². The van der Waals surface area contributed by atoms with E-state index in [1.807, 2.05) is 62.9 Å². The molecule has 1 aromatic carbocycles. The van der Waals surface area contributed by atoms with Crippen molar-refractivity contribution < 1.29 is 4.79 Å². The first-order chi connectivity index (χ1) is 14.7. The summed E-state index contributed by atoms with van der Waals surface area (Å²) in [7, 11) is 0. The fourth-order valence-corrected chi connectivity index (χ4v) is 3.82. The maximum absolute atomic E-state index is 12.9. The molecule has 1 amide bonds.